The molecule has 5 heteroatoms. The highest BCUT2D eigenvalue weighted by atomic mass is 19.1. The van der Waals surface area contributed by atoms with Gasteiger partial charge < -0.3 is 9.64 Å². The van der Waals surface area contributed by atoms with E-state index in [2.05, 4.69) is 24.3 Å². The second-order valence-electron chi connectivity index (χ2n) is 9.73. The van der Waals surface area contributed by atoms with Crippen LogP contribution >= 0.6 is 0 Å². The van der Waals surface area contributed by atoms with Gasteiger partial charge in [-0.3, -0.25) is 9.18 Å². The molecule has 5 rings (SSSR count). The molecule has 0 saturated carbocycles. The smallest absolute Gasteiger partial charge is 0.410 e. The SMILES string of the molecule is O=C(CCCCF)C1CC2CCCC(C1)N2C(=O)OCC1c2ccccc2-c2ccccc21. The number of alkyl halides is 1. The standard InChI is InChI=1S/C28H32FNO3/c29-15-6-5-14-27(31)19-16-20-8-7-9-21(17-19)30(20)28(32)33-18-26-24-12-3-1-10-22(24)23-11-2-4-13-25(23)26/h1-4,10-13,19-21,26H,5-9,14-18H2. The number of carbonyl (C=O) groups is 2. The number of benzene rings is 2. The van der Waals surface area contributed by atoms with E-state index in [0.29, 0.717) is 25.9 Å². The molecule has 0 spiro atoms. The fraction of sp³-hybridized carbons (Fsp3) is 0.500. The molecular weight excluding hydrogens is 417 g/mol. The number of carbonyl (C=O) groups excluding carboxylic acids is 2. The molecule has 174 valence electrons. The molecule has 3 aliphatic rings. The molecule has 1 aliphatic carbocycles. The van der Waals surface area contributed by atoms with Crippen molar-refractivity contribution in [3.63, 3.8) is 0 Å². The molecule has 33 heavy (non-hydrogen) atoms. The first kappa shape index (κ1) is 22.1. The van der Waals surface area contributed by atoms with E-state index in [0.717, 1.165) is 32.1 Å². The molecule has 2 saturated heterocycles. The van der Waals surface area contributed by atoms with Gasteiger partial charge in [-0.2, -0.15) is 0 Å². The van der Waals surface area contributed by atoms with Gasteiger partial charge in [-0.1, -0.05) is 48.5 Å². The second kappa shape index (κ2) is 9.66. The highest BCUT2D eigenvalue weighted by Gasteiger charge is 2.43. The maximum Gasteiger partial charge on any atom is 0.410 e. The number of halogens is 1. The third-order valence-electron chi connectivity index (χ3n) is 7.78. The van der Waals surface area contributed by atoms with Crippen LogP contribution in [0.2, 0.25) is 0 Å². The molecule has 2 bridgehead atoms. The number of ketones is 1. The lowest BCUT2D eigenvalue weighted by atomic mass is 9.76. The van der Waals surface area contributed by atoms with Gasteiger partial charge in [-0.05, 0) is 67.2 Å². The molecule has 2 unspecified atom stereocenters. The Balaban J connectivity index is 1.25. The molecular formula is C28H32FNO3. The van der Waals surface area contributed by atoms with Crippen molar-refractivity contribution in [2.75, 3.05) is 13.3 Å². The summed E-state index contributed by atoms with van der Waals surface area (Å²) in [4.78, 5) is 27.8. The number of hydrogen-bond acceptors (Lipinski definition) is 3. The zero-order chi connectivity index (χ0) is 22.8. The van der Waals surface area contributed by atoms with Crippen molar-refractivity contribution in [3.05, 3.63) is 59.7 Å². The Morgan fingerprint density at radius 3 is 2.12 bits per heavy atom. The summed E-state index contributed by atoms with van der Waals surface area (Å²) in [5, 5.41) is 0. The number of nitrogens with zero attached hydrogens (tertiary/aromatic N) is 1. The van der Waals surface area contributed by atoms with Crippen LogP contribution < -0.4 is 0 Å². The summed E-state index contributed by atoms with van der Waals surface area (Å²) in [6.07, 6.45) is 5.67. The zero-order valence-electron chi connectivity index (χ0n) is 19.0. The zero-order valence-corrected chi connectivity index (χ0v) is 19.0. The lowest BCUT2D eigenvalue weighted by Crippen LogP contribution is -2.55. The Morgan fingerprint density at radius 1 is 0.909 bits per heavy atom. The fourth-order valence-electron chi connectivity index (χ4n) is 6.21. The molecule has 2 aromatic carbocycles. The van der Waals surface area contributed by atoms with Crippen LogP contribution in [0.25, 0.3) is 11.1 Å². The van der Waals surface area contributed by atoms with Crippen LogP contribution in [-0.2, 0) is 9.53 Å². The average Bonchev–Trinajstić information content (AvgIpc) is 3.15. The Hall–Kier alpha value is -2.69. The van der Waals surface area contributed by atoms with Gasteiger partial charge in [-0.25, -0.2) is 4.79 Å². The fourth-order valence-corrected chi connectivity index (χ4v) is 6.21. The number of unbranched alkanes of at least 4 members (excludes halogenated alkanes) is 1. The maximum atomic E-state index is 13.3. The summed E-state index contributed by atoms with van der Waals surface area (Å²) in [5.41, 5.74) is 4.87. The van der Waals surface area contributed by atoms with Crippen LogP contribution in [-0.4, -0.2) is 42.1 Å². The van der Waals surface area contributed by atoms with E-state index in [1.165, 1.54) is 22.3 Å². The van der Waals surface area contributed by atoms with E-state index in [-0.39, 0.29) is 42.5 Å². The van der Waals surface area contributed by atoms with Crippen molar-refractivity contribution < 1.29 is 18.7 Å². The first-order valence-corrected chi connectivity index (χ1v) is 12.4. The molecule has 4 nitrogen and oxygen atoms in total. The number of Topliss-reactive ketones (excluding diaryl/α,β-unsaturated/α-hetero) is 1. The predicted octanol–water partition coefficient (Wildman–Crippen LogP) is 6.28. The van der Waals surface area contributed by atoms with Crippen molar-refractivity contribution in [2.24, 2.45) is 5.92 Å². The van der Waals surface area contributed by atoms with Crippen molar-refractivity contribution in [3.8, 4) is 11.1 Å². The number of piperidine rings is 2. The molecule has 2 aromatic rings. The van der Waals surface area contributed by atoms with Gasteiger partial charge in [0, 0.05) is 30.3 Å². The topological polar surface area (TPSA) is 46.6 Å². The van der Waals surface area contributed by atoms with Crippen molar-refractivity contribution in [1.82, 2.24) is 4.90 Å². The second-order valence-corrected chi connectivity index (χ2v) is 9.73. The highest BCUT2D eigenvalue weighted by Crippen LogP contribution is 2.45. The molecule has 2 atom stereocenters. The van der Waals surface area contributed by atoms with Crippen LogP contribution in [0.15, 0.2) is 48.5 Å². The number of ether oxygens (including phenoxy) is 1. The molecule has 1 amide bonds. The van der Waals surface area contributed by atoms with Crippen LogP contribution in [0.1, 0.15) is 68.4 Å². The first-order valence-electron chi connectivity index (χ1n) is 12.4. The van der Waals surface area contributed by atoms with Crippen LogP contribution in [0.3, 0.4) is 0 Å². The summed E-state index contributed by atoms with van der Waals surface area (Å²) >= 11 is 0. The van der Waals surface area contributed by atoms with Crippen molar-refractivity contribution in [1.29, 1.82) is 0 Å². The van der Waals surface area contributed by atoms with Gasteiger partial charge in [0.1, 0.15) is 12.4 Å². The third kappa shape index (κ3) is 4.30. The molecule has 2 aliphatic heterocycles. The molecule has 2 heterocycles. The molecule has 0 N–H and O–H groups in total. The van der Waals surface area contributed by atoms with Gasteiger partial charge in [0.05, 0.1) is 6.67 Å². The van der Waals surface area contributed by atoms with E-state index in [9.17, 15) is 14.0 Å². The van der Waals surface area contributed by atoms with Crippen LogP contribution in [0.5, 0.6) is 0 Å². The van der Waals surface area contributed by atoms with Crippen molar-refractivity contribution in [2.45, 2.75) is 69.4 Å². The van der Waals surface area contributed by atoms with E-state index in [4.69, 9.17) is 4.74 Å². The Morgan fingerprint density at radius 2 is 1.52 bits per heavy atom. The van der Waals surface area contributed by atoms with E-state index in [1.54, 1.807) is 0 Å². The largest absolute Gasteiger partial charge is 0.448 e. The monoisotopic (exact) mass is 449 g/mol. The van der Waals surface area contributed by atoms with Crippen LogP contribution in [0, 0.1) is 5.92 Å². The number of fused-ring (bicyclic) bond motifs is 5. The summed E-state index contributed by atoms with van der Waals surface area (Å²) in [5.74, 6) is 0.292. The Kier molecular flexibility index (Phi) is 6.48. The molecule has 0 aromatic heterocycles. The minimum absolute atomic E-state index is 0.00227. The molecule has 0 radical (unpaired) electrons. The van der Waals surface area contributed by atoms with Crippen LogP contribution in [0.4, 0.5) is 9.18 Å². The van der Waals surface area contributed by atoms with Gasteiger partial charge in [-0.15, -0.1) is 0 Å². The van der Waals surface area contributed by atoms with Crippen molar-refractivity contribution >= 4 is 11.9 Å². The Labute approximate surface area is 195 Å². The summed E-state index contributed by atoms with van der Waals surface area (Å²) < 4.78 is 18.3. The van der Waals surface area contributed by atoms with E-state index < -0.39 is 0 Å². The van der Waals surface area contributed by atoms with Gasteiger partial charge >= 0.3 is 6.09 Å². The van der Waals surface area contributed by atoms with E-state index in [1.807, 2.05) is 29.2 Å². The average molecular weight is 450 g/mol. The quantitative estimate of drug-likeness (QED) is 0.468. The summed E-state index contributed by atoms with van der Waals surface area (Å²) in [6.45, 7) is -0.0346. The van der Waals surface area contributed by atoms with E-state index >= 15 is 0 Å². The lowest BCUT2D eigenvalue weighted by molar-refractivity contribution is -0.126. The minimum atomic E-state index is -0.362. The first-order chi connectivity index (χ1) is 16.2. The maximum absolute atomic E-state index is 13.3. The minimum Gasteiger partial charge on any atom is -0.448 e. The predicted molar refractivity (Wildman–Crippen MR) is 126 cm³/mol. The highest BCUT2D eigenvalue weighted by molar-refractivity contribution is 5.82. The summed E-state index contributed by atoms with van der Waals surface area (Å²) in [6, 6.07) is 16.9. The number of hydrogen-bond donors (Lipinski definition) is 0. The van der Waals surface area contributed by atoms with Gasteiger partial charge in [0.15, 0.2) is 0 Å². The summed E-state index contributed by atoms with van der Waals surface area (Å²) in [7, 11) is 0. The third-order valence-corrected chi connectivity index (χ3v) is 7.78. The van der Waals surface area contributed by atoms with Gasteiger partial charge in [0.2, 0.25) is 0 Å². The number of rotatable bonds is 7. The molecule has 2 fully saturated rings. The normalized spacial score (nSPS) is 23.7. The lowest BCUT2D eigenvalue weighted by Gasteiger charge is -2.47. The number of amides is 1. The van der Waals surface area contributed by atoms with Gasteiger partial charge in [0.25, 0.3) is 0 Å². The Bertz CT molecular complexity index is 962.